The Kier molecular flexibility index (Phi) is 6.12. The van der Waals surface area contributed by atoms with E-state index in [0.717, 1.165) is 31.5 Å². The van der Waals surface area contributed by atoms with E-state index in [9.17, 15) is 9.59 Å². The van der Waals surface area contributed by atoms with Gasteiger partial charge in [0.15, 0.2) is 6.10 Å². The van der Waals surface area contributed by atoms with Gasteiger partial charge >= 0.3 is 0 Å². The van der Waals surface area contributed by atoms with Crippen molar-refractivity contribution in [3.05, 3.63) is 59.7 Å². The van der Waals surface area contributed by atoms with Gasteiger partial charge in [-0.3, -0.25) is 9.59 Å². The number of carbonyl (C=O) groups is 2. The van der Waals surface area contributed by atoms with Crippen LogP contribution in [0, 0.1) is 6.92 Å². The number of carbonyl (C=O) groups excluding carboxylic acids is 2. The number of piperidine rings is 1. The molecule has 0 bridgehead atoms. The summed E-state index contributed by atoms with van der Waals surface area (Å²) >= 11 is 0. The summed E-state index contributed by atoms with van der Waals surface area (Å²) in [7, 11) is 0. The highest BCUT2D eigenvalue weighted by Crippen LogP contribution is 2.18. The first-order valence-corrected chi connectivity index (χ1v) is 9.46. The lowest BCUT2D eigenvalue weighted by Crippen LogP contribution is -2.35. The third-order valence-corrected chi connectivity index (χ3v) is 4.69. The monoisotopic (exact) mass is 366 g/mol. The summed E-state index contributed by atoms with van der Waals surface area (Å²) in [6.07, 6.45) is 2.64. The number of anilines is 1. The van der Waals surface area contributed by atoms with E-state index in [1.54, 1.807) is 31.2 Å². The fourth-order valence-corrected chi connectivity index (χ4v) is 3.20. The van der Waals surface area contributed by atoms with Crippen LogP contribution in [0.3, 0.4) is 0 Å². The van der Waals surface area contributed by atoms with E-state index >= 15 is 0 Å². The Labute approximate surface area is 160 Å². The zero-order valence-electron chi connectivity index (χ0n) is 15.9. The third kappa shape index (κ3) is 5.09. The summed E-state index contributed by atoms with van der Waals surface area (Å²) < 4.78 is 5.71. The molecule has 1 unspecified atom stereocenters. The van der Waals surface area contributed by atoms with Crippen molar-refractivity contribution < 1.29 is 14.3 Å². The molecule has 1 saturated heterocycles. The van der Waals surface area contributed by atoms with Crippen molar-refractivity contribution in [3.63, 3.8) is 0 Å². The highest BCUT2D eigenvalue weighted by Gasteiger charge is 2.19. The van der Waals surface area contributed by atoms with Crippen LogP contribution in [0.2, 0.25) is 0 Å². The van der Waals surface area contributed by atoms with Gasteiger partial charge in [0.05, 0.1) is 0 Å². The molecule has 0 radical (unpaired) electrons. The molecule has 1 atom stereocenters. The Balaban J connectivity index is 1.62. The summed E-state index contributed by atoms with van der Waals surface area (Å²) in [6.45, 7) is 5.29. The minimum atomic E-state index is -0.645. The number of hydrogen-bond acceptors (Lipinski definition) is 3. The molecule has 5 heteroatoms. The molecule has 0 aromatic heterocycles. The molecule has 3 rings (SSSR count). The second kappa shape index (κ2) is 8.71. The number of benzene rings is 2. The minimum Gasteiger partial charge on any atom is -0.481 e. The average Bonchev–Trinajstić information content (AvgIpc) is 2.68. The molecule has 2 aromatic carbocycles. The first kappa shape index (κ1) is 19.0. The van der Waals surface area contributed by atoms with Crippen LogP contribution in [0.5, 0.6) is 5.75 Å². The zero-order chi connectivity index (χ0) is 19.2. The lowest BCUT2D eigenvalue weighted by molar-refractivity contribution is -0.122. The Morgan fingerprint density at radius 2 is 1.78 bits per heavy atom. The van der Waals surface area contributed by atoms with Crippen molar-refractivity contribution in [2.24, 2.45) is 0 Å². The highest BCUT2D eigenvalue weighted by atomic mass is 16.5. The minimum absolute atomic E-state index is 0.0230. The largest absolute Gasteiger partial charge is 0.481 e. The van der Waals surface area contributed by atoms with Gasteiger partial charge in [0.25, 0.3) is 11.8 Å². The molecular formula is C22H26N2O3. The first-order chi connectivity index (χ1) is 13.0. The van der Waals surface area contributed by atoms with Gasteiger partial charge in [0.2, 0.25) is 0 Å². The molecule has 0 spiro atoms. The molecule has 1 heterocycles. The number of nitrogens with one attached hydrogen (secondary N) is 1. The van der Waals surface area contributed by atoms with E-state index < -0.39 is 6.10 Å². The van der Waals surface area contributed by atoms with Gasteiger partial charge < -0.3 is 15.0 Å². The van der Waals surface area contributed by atoms with Crippen LogP contribution in [0.4, 0.5) is 5.69 Å². The fourth-order valence-electron chi connectivity index (χ4n) is 3.20. The van der Waals surface area contributed by atoms with Gasteiger partial charge in [-0.2, -0.15) is 0 Å². The summed E-state index contributed by atoms with van der Waals surface area (Å²) in [5.41, 5.74) is 2.27. The highest BCUT2D eigenvalue weighted by molar-refractivity contribution is 5.98. The number of likely N-dealkylation sites (tertiary alicyclic amines) is 1. The quantitative estimate of drug-likeness (QED) is 0.869. The van der Waals surface area contributed by atoms with Crippen LogP contribution < -0.4 is 10.1 Å². The Hall–Kier alpha value is -2.82. The van der Waals surface area contributed by atoms with Crippen LogP contribution in [-0.2, 0) is 4.79 Å². The molecule has 1 aliphatic heterocycles. The smallest absolute Gasteiger partial charge is 0.265 e. The van der Waals surface area contributed by atoms with Gasteiger partial charge in [-0.1, -0.05) is 18.2 Å². The molecule has 2 aromatic rings. The van der Waals surface area contributed by atoms with Crippen molar-refractivity contribution in [2.75, 3.05) is 18.4 Å². The summed E-state index contributed by atoms with van der Waals surface area (Å²) in [5.74, 6) is 0.431. The molecule has 0 aliphatic carbocycles. The number of nitrogens with zero attached hydrogens (tertiary/aromatic N) is 1. The predicted octanol–water partition coefficient (Wildman–Crippen LogP) is 4.03. The van der Waals surface area contributed by atoms with Crippen molar-refractivity contribution in [1.82, 2.24) is 4.90 Å². The topological polar surface area (TPSA) is 58.6 Å². The van der Waals surface area contributed by atoms with Gasteiger partial charge in [-0.15, -0.1) is 0 Å². The normalized spacial score (nSPS) is 15.1. The molecule has 1 fully saturated rings. The molecule has 5 nitrogen and oxygen atoms in total. The maximum absolute atomic E-state index is 12.6. The maximum atomic E-state index is 12.6. The van der Waals surface area contributed by atoms with Crippen molar-refractivity contribution in [3.8, 4) is 5.75 Å². The van der Waals surface area contributed by atoms with Crippen LogP contribution in [-0.4, -0.2) is 35.9 Å². The molecule has 2 amide bonds. The summed E-state index contributed by atoms with van der Waals surface area (Å²) in [4.78, 5) is 27.0. The van der Waals surface area contributed by atoms with E-state index in [2.05, 4.69) is 5.32 Å². The Morgan fingerprint density at radius 3 is 2.52 bits per heavy atom. The SMILES string of the molecule is Cc1cccc(OC(C)C(=O)Nc2cccc(C(=O)N3CCCCC3)c2)c1. The van der Waals surface area contributed by atoms with Crippen LogP contribution >= 0.6 is 0 Å². The second-order valence-corrected chi connectivity index (χ2v) is 7.00. The van der Waals surface area contributed by atoms with Crippen molar-refractivity contribution >= 4 is 17.5 Å². The number of hydrogen-bond donors (Lipinski definition) is 1. The number of ether oxygens (including phenoxy) is 1. The standard InChI is InChI=1S/C22H26N2O3/c1-16-8-6-11-20(14-16)27-17(2)21(25)23-19-10-7-9-18(15-19)22(26)24-12-4-3-5-13-24/h6-11,14-15,17H,3-5,12-13H2,1-2H3,(H,23,25). The van der Waals surface area contributed by atoms with E-state index in [0.29, 0.717) is 17.0 Å². The molecule has 1 aliphatic rings. The van der Waals surface area contributed by atoms with Gasteiger partial charge in [0, 0.05) is 24.3 Å². The molecule has 142 valence electrons. The lowest BCUT2D eigenvalue weighted by Gasteiger charge is -2.26. The first-order valence-electron chi connectivity index (χ1n) is 9.46. The van der Waals surface area contributed by atoms with E-state index in [1.807, 2.05) is 36.1 Å². The van der Waals surface area contributed by atoms with E-state index in [-0.39, 0.29) is 11.8 Å². The van der Waals surface area contributed by atoms with Gasteiger partial charge in [0.1, 0.15) is 5.75 Å². The number of rotatable bonds is 5. The summed E-state index contributed by atoms with van der Waals surface area (Å²) in [5, 5.41) is 2.84. The van der Waals surface area contributed by atoms with E-state index in [4.69, 9.17) is 4.74 Å². The third-order valence-electron chi connectivity index (χ3n) is 4.69. The molecule has 27 heavy (non-hydrogen) atoms. The van der Waals surface area contributed by atoms with Gasteiger partial charge in [-0.25, -0.2) is 0 Å². The van der Waals surface area contributed by atoms with E-state index in [1.165, 1.54) is 6.42 Å². The van der Waals surface area contributed by atoms with Crippen molar-refractivity contribution in [2.45, 2.75) is 39.2 Å². The molecule has 1 N–H and O–H groups in total. The van der Waals surface area contributed by atoms with Crippen LogP contribution in [0.1, 0.15) is 42.1 Å². The number of aryl methyl sites for hydroxylation is 1. The Bertz CT molecular complexity index is 813. The van der Waals surface area contributed by atoms with Crippen LogP contribution in [0.25, 0.3) is 0 Å². The lowest BCUT2D eigenvalue weighted by atomic mass is 10.1. The number of amides is 2. The van der Waals surface area contributed by atoms with Gasteiger partial charge in [-0.05, 0) is 69.0 Å². The zero-order valence-corrected chi connectivity index (χ0v) is 15.9. The van der Waals surface area contributed by atoms with Crippen LogP contribution in [0.15, 0.2) is 48.5 Å². The maximum Gasteiger partial charge on any atom is 0.265 e. The second-order valence-electron chi connectivity index (χ2n) is 7.00. The average molecular weight is 366 g/mol. The Morgan fingerprint density at radius 1 is 1.04 bits per heavy atom. The molecule has 0 saturated carbocycles. The predicted molar refractivity (Wildman–Crippen MR) is 106 cm³/mol. The fraction of sp³-hybridized carbons (Fsp3) is 0.364. The molecular weight excluding hydrogens is 340 g/mol. The summed E-state index contributed by atoms with van der Waals surface area (Å²) in [6, 6.07) is 14.7. The van der Waals surface area contributed by atoms with Crippen molar-refractivity contribution in [1.29, 1.82) is 0 Å².